The first-order valence-corrected chi connectivity index (χ1v) is 11.3. The lowest BCUT2D eigenvalue weighted by molar-refractivity contribution is 0.425. The Kier molecular flexibility index (Phi) is 8.78. The smallest absolute Gasteiger partial charge is 0.161 e. The van der Waals surface area contributed by atoms with Gasteiger partial charge in [-0.3, -0.25) is 0 Å². The summed E-state index contributed by atoms with van der Waals surface area (Å²) in [6.45, 7) is 3.01. The van der Waals surface area contributed by atoms with Crippen LogP contribution >= 0.6 is 36.4 Å². The van der Waals surface area contributed by atoms with E-state index in [4.69, 9.17) is 21.6 Å². The molecule has 1 saturated heterocycles. The summed E-state index contributed by atoms with van der Waals surface area (Å²) in [5.41, 5.74) is 4.92. The second-order valence-electron chi connectivity index (χ2n) is 8.25. The van der Waals surface area contributed by atoms with Crippen molar-refractivity contribution in [3.8, 4) is 11.4 Å². The number of hydrogen-bond acceptors (Lipinski definition) is 4. The largest absolute Gasteiger partial charge is 0.349 e. The van der Waals surface area contributed by atoms with Crippen LogP contribution in [0.5, 0.6) is 0 Å². The molecule has 0 saturated carbocycles. The summed E-state index contributed by atoms with van der Waals surface area (Å²) >= 11 is 6.11. The van der Waals surface area contributed by atoms with Gasteiger partial charge in [-0.1, -0.05) is 41.9 Å². The molecule has 0 spiro atoms. The third-order valence-electron chi connectivity index (χ3n) is 6.23. The zero-order valence-corrected chi connectivity index (χ0v) is 20.4. The van der Waals surface area contributed by atoms with Gasteiger partial charge in [-0.2, -0.15) is 0 Å². The van der Waals surface area contributed by atoms with Crippen LogP contribution in [0.4, 0.5) is 5.82 Å². The van der Waals surface area contributed by atoms with Crippen molar-refractivity contribution in [3.63, 3.8) is 0 Å². The summed E-state index contributed by atoms with van der Waals surface area (Å²) in [4.78, 5) is 12.7. The minimum atomic E-state index is 0. The normalized spacial score (nSPS) is 15.4. The van der Waals surface area contributed by atoms with Gasteiger partial charge in [-0.05, 0) is 75.0 Å². The van der Waals surface area contributed by atoms with Gasteiger partial charge < -0.3 is 10.2 Å². The van der Waals surface area contributed by atoms with Gasteiger partial charge in [0, 0.05) is 34.4 Å². The van der Waals surface area contributed by atoms with Gasteiger partial charge in [-0.25, -0.2) is 9.97 Å². The summed E-state index contributed by atoms with van der Waals surface area (Å²) in [6, 6.07) is 19.1. The quantitative estimate of drug-likeness (QED) is 0.483. The van der Waals surface area contributed by atoms with Crippen LogP contribution in [0, 0.1) is 0 Å². The van der Waals surface area contributed by atoms with Gasteiger partial charge in [0.25, 0.3) is 0 Å². The molecule has 2 aliphatic rings. The number of anilines is 1. The molecule has 0 atom stereocenters. The first kappa shape index (κ1) is 24.8. The van der Waals surface area contributed by atoms with E-state index in [0.717, 1.165) is 74.0 Å². The van der Waals surface area contributed by atoms with E-state index in [2.05, 4.69) is 40.5 Å². The third kappa shape index (κ3) is 5.37. The van der Waals surface area contributed by atoms with Crippen LogP contribution in [0.2, 0.25) is 5.02 Å². The van der Waals surface area contributed by atoms with Crippen molar-refractivity contribution < 1.29 is 0 Å². The van der Waals surface area contributed by atoms with E-state index in [9.17, 15) is 0 Å². The molecular formula is C25H29Cl3N4. The van der Waals surface area contributed by atoms with E-state index < -0.39 is 0 Å². The van der Waals surface area contributed by atoms with Crippen molar-refractivity contribution in [1.29, 1.82) is 0 Å². The Morgan fingerprint density at radius 2 is 1.62 bits per heavy atom. The van der Waals surface area contributed by atoms with Gasteiger partial charge in [0.05, 0.1) is 0 Å². The Hall–Kier alpha value is -1.85. The maximum atomic E-state index is 6.11. The second-order valence-corrected chi connectivity index (χ2v) is 8.69. The molecule has 1 aliphatic heterocycles. The minimum absolute atomic E-state index is 0. The molecule has 7 heteroatoms. The van der Waals surface area contributed by atoms with Crippen molar-refractivity contribution in [1.82, 2.24) is 15.3 Å². The summed E-state index contributed by atoms with van der Waals surface area (Å²) in [5, 5.41) is 4.24. The fraction of sp³-hybridized carbons (Fsp3) is 0.360. The molecule has 1 aliphatic carbocycles. The number of fused-ring (bicyclic) bond motifs is 1. The summed E-state index contributed by atoms with van der Waals surface area (Å²) in [6.07, 6.45) is 5.55. The number of rotatable bonds is 5. The molecule has 5 rings (SSSR count). The van der Waals surface area contributed by atoms with Crippen LogP contribution in [-0.4, -0.2) is 29.1 Å². The minimum Gasteiger partial charge on any atom is -0.349 e. The number of hydrogen-bond donors (Lipinski definition) is 1. The molecule has 1 aromatic heterocycles. The SMILES string of the molecule is Cl.Cl.Clc1ccc(-c2nc3c(c(N(Cc4ccccc4)C4CCNCC4)n2)CCC3)cc1. The molecule has 32 heavy (non-hydrogen) atoms. The lowest BCUT2D eigenvalue weighted by atomic mass is 10.0. The molecule has 170 valence electrons. The number of piperidine rings is 1. The monoisotopic (exact) mass is 490 g/mol. The van der Waals surface area contributed by atoms with Crippen molar-refractivity contribution in [2.75, 3.05) is 18.0 Å². The Labute approximate surface area is 207 Å². The molecule has 2 heterocycles. The molecule has 0 unspecified atom stereocenters. The highest BCUT2D eigenvalue weighted by atomic mass is 35.5. The maximum absolute atomic E-state index is 6.11. The number of nitrogens with one attached hydrogen (secondary N) is 1. The number of aromatic nitrogens is 2. The van der Waals surface area contributed by atoms with Gasteiger partial charge in [0.1, 0.15) is 5.82 Å². The number of benzene rings is 2. The predicted molar refractivity (Wildman–Crippen MR) is 138 cm³/mol. The van der Waals surface area contributed by atoms with Gasteiger partial charge in [0.15, 0.2) is 5.82 Å². The highest BCUT2D eigenvalue weighted by Crippen LogP contribution is 2.34. The number of nitrogens with zero attached hydrogens (tertiary/aromatic N) is 3. The standard InChI is InChI=1S/C25H27ClN4.2ClH/c26-20-11-9-19(10-12-20)24-28-23-8-4-7-22(23)25(29-24)30(21-13-15-27-16-14-21)17-18-5-2-1-3-6-18;;/h1-3,5-6,9-12,21,27H,4,7-8,13-17H2;2*1H. The molecule has 0 radical (unpaired) electrons. The molecule has 3 aromatic rings. The van der Waals surface area contributed by atoms with Gasteiger partial charge in [-0.15, -0.1) is 24.8 Å². The average molecular weight is 492 g/mol. The first-order chi connectivity index (χ1) is 14.8. The second kappa shape index (κ2) is 11.3. The fourth-order valence-corrected chi connectivity index (χ4v) is 4.78. The summed E-state index contributed by atoms with van der Waals surface area (Å²) in [7, 11) is 0. The summed E-state index contributed by atoms with van der Waals surface area (Å²) in [5.74, 6) is 1.95. The van der Waals surface area contributed by atoms with Crippen molar-refractivity contribution in [2.24, 2.45) is 0 Å². The number of halogens is 3. The topological polar surface area (TPSA) is 41.1 Å². The van der Waals surface area contributed by atoms with Crippen LogP contribution < -0.4 is 10.2 Å². The lowest BCUT2D eigenvalue weighted by Crippen LogP contribution is -2.43. The van der Waals surface area contributed by atoms with Crippen molar-refractivity contribution >= 4 is 42.2 Å². The van der Waals surface area contributed by atoms with Gasteiger partial charge in [0.2, 0.25) is 0 Å². The van der Waals surface area contributed by atoms with E-state index in [-0.39, 0.29) is 24.8 Å². The first-order valence-electron chi connectivity index (χ1n) is 10.9. The highest BCUT2D eigenvalue weighted by molar-refractivity contribution is 6.30. The molecular weight excluding hydrogens is 463 g/mol. The Morgan fingerprint density at radius 3 is 2.34 bits per heavy atom. The Balaban J connectivity index is 0.00000144. The van der Waals surface area contributed by atoms with Crippen LogP contribution in [0.25, 0.3) is 11.4 Å². The molecule has 0 amide bonds. The Bertz CT molecular complexity index is 1010. The van der Waals surface area contributed by atoms with Crippen LogP contribution in [0.1, 0.15) is 36.1 Å². The van der Waals surface area contributed by atoms with E-state index >= 15 is 0 Å². The molecule has 0 bridgehead atoms. The fourth-order valence-electron chi connectivity index (χ4n) is 4.65. The molecule has 4 nitrogen and oxygen atoms in total. The lowest BCUT2D eigenvalue weighted by Gasteiger charge is -2.37. The third-order valence-corrected chi connectivity index (χ3v) is 6.48. The van der Waals surface area contributed by atoms with Crippen LogP contribution in [-0.2, 0) is 19.4 Å². The van der Waals surface area contributed by atoms with Crippen molar-refractivity contribution in [2.45, 2.75) is 44.7 Å². The molecule has 2 aromatic carbocycles. The molecule has 1 N–H and O–H groups in total. The predicted octanol–water partition coefficient (Wildman–Crippen LogP) is 5.89. The molecule has 1 fully saturated rings. The van der Waals surface area contributed by atoms with E-state index in [0.29, 0.717) is 6.04 Å². The van der Waals surface area contributed by atoms with Crippen molar-refractivity contribution in [3.05, 3.63) is 76.4 Å². The zero-order chi connectivity index (χ0) is 20.3. The maximum Gasteiger partial charge on any atom is 0.161 e. The number of aryl methyl sites for hydroxylation is 1. The van der Waals surface area contributed by atoms with E-state index in [1.807, 2.05) is 24.3 Å². The highest BCUT2D eigenvalue weighted by Gasteiger charge is 2.28. The van der Waals surface area contributed by atoms with Gasteiger partial charge >= 0.3 is 0 Å². The van der Waals surface area contributed by atoms with Crippen LogP contribution in [0.3, 0.4) is 0 Å². The zero-order valence-electron chi connectivity index (χ0n) is 18.0. The van der Waals surface area contributed by atoms with Crippen LogP contribution in [0.15, 0.2) is 54.6 Å². The Morgan fingerprint density at radius 1 is 0.906 bits per heavy atom. The summed E-state index contributed by atoms with van der Waals surface area (Å²) < 4.78 is 0. The van der Waals surface area contributed by atoms with E-state index in [1.54, 1.807) is 0 Å². The average Bonchev–Trinajstić information content (AvgIpc) is 3.28. The van der Waals surface area contributed by atoms with E-state index in [1.165, 1.54) is 16.8 Å².